The van der Waals surface area contributed by atoms with Gasteiger partial charge in [0.15, 0.2) is 17.2 Å². The highest BCUT2D eigenvalue weighted by atomic mass is 16.3. The van der Waals surface area contributed by atoms with Crippen molar-refractivity contribution in [1.82, 2.24) is 24.1 Å². The van der Waals surface area contributed by atoms with Crippen molar-refractivity contribution in [3.8, 4) is 45.5 Å². The molecule has 0 spiro atoms. The van der Waals surface area contributed by atoms with Crippen LogP contribution < -0.4 is 27.3 Å². The average molecular weight is 779 g/mol. The van der Waals surface area contributed by atoms with Crippen LogP contribution in [-0.4, -0.2) is 63.3 Å². The molecule has 0 fully saturated rings. The number of rotatable bonds is 5. The molecule has 62 heavy (non-hydrogen) atoms. The van der Waals surface area contributed by atoms with Crippen molar-refractivity contribution in [1.29, 1.82) is 0 Å². The molecule has 12 rings (SSSR count). The highest BCUT2D eigenvalue weighted by molar-refractivity contribution is 6.68. The van der Waals surface area contributed by atoms with Crippen molar-refractivity contribution in [3.63, 3.8) is 0 Å². The molecule has 6 nitrogen and oxygen atoms in total. The molecule has 8 aromatic carbocycles. The molecule has 0 amide bonds. The fraction of sp³-hybridized carbons (Fsp3) is 0. The minimum atomic E-state index is 0.100. The lowest BCUT2D eigenvalue weighted by molar-refractivity contribution is 0.666. The maximum absolute atomic E-state index is 6.91. The van der Waals surface area contributed by atoms with Crippen LogP contribution in [0.1, 0.15) is 0 Å². The van der Waals surface area contributed by atoms with Gasteiger partial charge in [0.05, 0.1) is 27.8 Å². The zero-order valence-electron chi connectivity index (χ0n) is 33.0. The number of aromatic nitrogens is 5. The second-order valence-electron chi connectivity index (χ2n) is 15.5. The molecule has 0 aliphatic carbocycles. The summed E-state index contributed by atoms with van der Waals surface area (Å²) in [6, 6.07) is 54.0. The van der Waals surface area contributed by atoms with Crippen LogP contribution in [0.2, 0.25) is 0 Å². The Morgan fingerprint density at radius 3 is 1.63 bits per heavy atom. The van der Waals surface area contributed by atoms with Gasteiger partial charge in [-0.25, -0.2) is 4.98 Å². The number of fused-ring (bicyclic) bond motifs is 9. The molecular weight excluding hydrogens is 753 g/mol. The van der Waals surface area contributed by atoms with Gasteiger partial charge in [0.25, 0.3) is 0 Å². The minimum absolute atomic E-state index is 0.100. The predicted octanol–water partition coefficient (Wildman–Crippen LogP) is 6.94. The van der Waals surface area contributed by atoms with Gasteiger partial charge in [-0.15, -0.1) is 16.4 Å². The van der Waals surface area contributed by atoms with Crippen LogP contribution in [0.15, 0.2) is 162 Å². The monoisotopic (exact) mass is 779 g/mol. The fourth-order valence-electron chi connectivity index (χ4n) is 9.16. The van der Waals surface area contributed by atoms with E-state index in [2.05, 4.69) is 102 Å². The first-order valence-electron chi connectivity index (χ1n) is 20.2. The Balaban J connectivity index is 1.14. The molecule has 0 saturated heterocycles. The Labute approximate surface area is 362 Å². The summed E-state index contributed by atoms with van der Waals surface area (Å²) >= 11 is 0. The summed E-state index contributed by atoms with van der Waals surface area (Å²) in [6.07, 6.45) is 0. The van der Waals surface area contributed by atoms with E-state index in [0.717, 1.165) is 71.2 Å². The molecule has 4 aromatic heterocycles. The molecule has 276 valence electrons. The molecule has 4 heterocycles. The Morgan fingerprint density at radius 2 is 0.952 bits per heavy atom. The third kappa shape index (κ3) is 5.27. The first-order chi connectivity index (χ1) is 30.4. The quantitative estimate of drug-likeness (QED) is 0.178. The number of hydrogen-bond donors (Lipinski definition) is 0. The summed E-state index contributed by atoms with van der Waals surface area (Å²) in [5.74, 6) is 0.896. The summed E-state index contributed by atoms with van der Waals surface area (Å²) in [6.45, 7) is 0. The van der Waals surface area contributed by atoms with Crippen molar-refractivity contribution < 1.29 is 4.42 Å². The van der Waals surface area contributed by atoms with Crippen molar-refractivity contribution in [3.05, 3.63) is 158 Å². The van der Waals surface area contributed by atoms with Crippen molar-refractivity contribution >= 4 is 132 Å². The van der Waals surface area contributed by atoms with Gasteiger partial charge in [0, 0.05) is 43.4 Å². The van der Waals surface area contributed by atoms with Crippen LogP contribution in [0.5, 0.6) is 0 Å². The van der Waals surface area contributed by atoms with Crippen LogP contribution >= 0.6 is 0 Å². The third-order valence-corrected chi connectivity index (χ3v) is 12.1. The minimum Gasteiger partial charge on any atom is -0.454 e. The number of furan rings is 1. The molecule has 0 bridgehead atoms. The lowest BCUT2D eigenvalue weighted by Gasteiger charge is -2.21. The van der Waals surface area contributed by atoms with E-state index in [1.165, 1.54) is 0 Å². The zero-order valence-corrected chi connectivity index (χ0v) is 33.0. The van der Waals surface area contributed by atoms with E-state index in [0.29, 0.717) is 28.5 Å². The zero-order chi connectivity index (χ0) is 41.8. The number of para-hydroxylation sites is 4. The maximum atomic E-state index is 6.91. The van der Waals surface area contributed by atoms with Crippen molar-refractivity contribution in [2.24, 2.45) is 0 Å². The second-order valence-corrected chi connectivity index (χ2v) is 15.5. The summed E-state index contributed by atoms with van der Waals surface area (Å²) in [4.78, 5) is 15.4. The smallest absolute Gasteiger partial charge is 0.238 e. The van der Waals surface area contributed by atoms with Crippen LogP contribution in [0.4, 0.5) is 0 Å². The van der Waals surface area contributed by atoms with Crippen LogP contribution in [0.3, 0.4) is 0 Å². The van der Waals surface area contributed by atoms with Gasteiger partial charge in [-0.1, -0.05) is 132 Å². The van der Waals surface area contributed by atoms with E-state index in [1.54, 1.807) is 0 Å². The van der Waals surface area contributed by atoms with Crippen LogP contribution in [0.25, 0.3) is 111 Å². The van der Waals surface area contributed by atoms with E-state index < -0.39 is 0 Å². The highest BCUT2D eigenvalue weighted by Gasteiger charge is 2.24. The van der Waals surface area contributed by atoms with Crippen LogP contribution in [-0.2, 0) is 0 Å². The van der Waals surface area contributed by atoms with Gasteiger partial charge < -0.3 is 8.98 Å². The maximum Gasteiger partial charge on any atom is 0.238 e. The molecular formula is C51H26B5N5O. The molecule has 0 atom stereocenters. The number of benzene rings is 8. The largest absolute Gasteiger partial charge is 0.454 e. The van der Waals surface area contributed by atoms with Gasteiger partial charge in [0.2, 0.25) is 5.95 Å². The Hall–Kier alpha value is -7.51. The third-order valence-electron chi connectivity index (χ3n) is 12.1. The van der Waals surface area contributed by atoms with Crippen molar-refractivity contribution in [2.45, 2.75) is 0 Å². The first kappa shape index (κ1) is 36.4. The fourth-order valence-corrected chi connectivity index (χ4v) is 9.16. The normalized spacial score (nSPS) is 11.9. The first-order valence-corrected chi connectivity index (χ1v) is 20.2. The Bertz CT molecular complexity index is 3750. The van der Waals surface area contributed by atoms with Gasteiger partial charge in [-0.2, -0.15) is 9.97 Å². The number of nitrogens with zero attached hydrogens (tertiary/aromatic N) is 5. The van der Waals surface area contributed by atoms with Crippen molar-refractivity contribution in [2.75, 3.05) is 0 Å². The van der Waals surface area contributed by atoms with Gasteiger partial charge in [-0.05, 0) is 47.5 Å². The lowest BCUT2D eigenvalue weighted by Crippen LogP contribution is -2.55. The lowest BCUT2D eigenvalue weighted by atomic mass is 9.60. The predicted molar refractivity (Wildman–Crippen MR) is 259 cm³/mol. The molecule has 10 radical (unpaired) electrons. The summed E-state index contributed by atoms with van der Waals surface area (Å²) in [7, 11) is 32.5. The van der Waals surface area contributed by atoms with E-state index in [9.17, 15) is 0 Å². The Morgan fingerprint density at radius 1 is 0.403 bits per heavy atom. The standard InChI is InChI=1S/C51H26B5N5O/c52-43-42(44(53)46(55)47(56)45(43)54)50-57-49(58-51(59-50)61-36-20-8-5-14-29(36)30-15-6-9-21-37(30)61)34-18-11-23-40-41(34)33-17-10-22-38(48(33)62-40)60-35-19-7-4-16-31(35)32-25-24-28(26-39(32)60)27-12-2-1-3-13-27/h1-26H. The summed E-state index contributed by atoms with van der Waals surface area (Å²) in [5.41, 5.74) is 10.0. The molecule has 0 unspecified atom stereocenters. The van der Waals surface area contributed by atoms with E-state index in [1.807, 2.05) is 65.2 Å². The molecule has 11 heteroatoms. The second kappa shape index (κ2) is 13.8. The van der Waals surface area contributed by atoms with E-state index in [4.69, 9.17) is 58.6 Å². The summed E-state index contributed by atoms with van der Waals surface area (Å²) < 4.78 is 11.2. The number of hydrogen-bond acceptors (Lipinski definition) is 4. The average Bonchev–Trinajstić information content (AvgIpc) is 3.98. The van der Waals surface area contributed by atoms with Gasteiger partial charge >= 0.3 is 0 Å². The Kier molecular flexibility index (Phi) is 8.07. The molecule has 0 N–H and O–H groups in total. The summed E-state index contributed by atoms with van der Waals surface area (Å²) in [5, 5.41) is 6.10. The van der Waals surface area contributed by atoms with Gasteiger partial charge in [0.1, 0.15) is 44.8 Å². The molecule has 0 saturated carbocycles. The van der Waals surface area contributed by atoms with Gasteiger partial charge in [-0.3, -0.25) is 4.57 Å². The van der Waals surface area contributed by atoms with E-state index in [-0.39, 0.29) is 38.7 Å². The SMILES string of the molecule is [B]c1c([B])c([B])c(-c2nc(-c3cccc4oc5c(-n6c7ccccc7c7ccc(-c8ccccc8)cc76)cccc5c34)nc(-n3c4ccccc4c4ccccc43)n2)c([B])c1[B]. The topological polar surface area (TPSA) is 61.7 Å². The van der Waals surface area contributed by atoms with E-state index >= 15 is 0 Å². The molecule has 0 aliphatic rings. The molecule has 0 aliphatic heterocycles. The highest BCUT2D eigenvalue weighted by Crippen LogP contribution is 2.42. The van der Waals surface area contributed by atoms with Crippen LogP contribution in [0, 0.1) is 0 Å². The molecule has 12 aromatic rings.